The maximum Gasteiger partial charge on any atom is 0.240 e. The summed E-state index contributed by atoms with van der Waals surface area (Å²) in [5, 5.41) is 2.73. The normalized spacial score (nSPS) is 11.6. The predicted molar refractivity (Wildman–Crippen MR) is 104 cm³/mol. The summed E-state index contributed by atoms with van der Waals surface area (Å²) in [5.74, 6) is -0.137. The molecular weight excluding hydrogens is 364 g/mol. The molecule has 1 aromatic heterocycles. The lowest BCUT2D eigenvalue weighted by atomic mass is 10.2. The summed E-state index contributed by atoms with van der Waals surface area (Å²) in [4.78, 5) is 16.5. The molecule has 0 aliphatic carbocycles. The van der Waals surface area contributed by atoms with Crippen molar-refractivity contribution >= 4 is 27.0 Å². The number of rotatable bonds is 8. The number of carbonyl (C=O) groups excluding carboxylic acids is 1. The van der Waals surface area contributed by atoms with Gasteiger partial charge in [-0.05, 0) is 31.2 Å². The maximum absolute atomic E-state index is 12.2. The van der Waals surface area contributed by atoms with E-state index >= 15 is 0 Å². The lowest BCUT2D eigenvalue weighted by Gasteiger charge is -2.09. The summed E-state index contributed by atoms with van der Waals surface area (Å²) in [6.45, 7) is 2.78. The second-order valence-corrected chi connectivity index (χ2v) is 8.00. The van der Waals surface area contributed by atoms with Crippen LogP contribution in [0.2, 0.25) is 0 Å². The van der Waals surface area contributed by atoms with Crippen LogP contribution in [0.4, 0.5) is 0 Å². The third-order valence-electron chi connectivity index (χ3n) is 4.18. The zero-order valence-corrected chi connectivity index (χ0v) is 15.9. The van der Waals surface area contributed by atoms with Crippen molar-refractivity contribution in [1.29, 1.82) is 0 Å². The van der Waals surface area contributed by atoms with E-state index in [-0.39, 0.29) is 23.9 Å². The molecule has 0 atom stereocenters. The van der Waals surface area contributed by atoms with Crippen molar-refractivity contribution in [2.75, 3.05) is 13.1 Å². The van der Waals surface area contributed by atoms with Crippen molar-refractivity contribution in [3.63, 3.8) is 0 Å². The molecule has 7 nitrogen and oxygen atoms in total. The Kier molecular flexibility index (Phi) is 5.88. The lowest BCUT2D eigenvalue weighted by molar-refractivity contribution is -0.121. The van der Waals surface area contributed by atoms with Crippen LogP contribution < -0.4 is 10.0 Å². The molecule has 0 bridgehead atoms. The Morgan fingerprint density at radius 3 is 2.59 bits per heavy atom. The number of aromatic nitrogens is 2. The van der Waals surface area contributed by atoms with Crippen molar-refractivity contribution in [3.8, 4) is 0 Å². The molecule has 3 aromatic rings. The van der Waals surface area contributed by atoms with Crippen molar-refractivity contribution in [2.45, 2.75) is 24.8 Å². The van der Waals surface area contributed by atoms with E-state index in [1.165, 1.54) is 0 Å². The number of nitrogens with one attached hydrogen (secondary N) is 2. The average molecular weight is 386 g/mol. The van der Waals surface area contributed by atoms with Gasteiger partial charge in [0.15, 0.2) is 0 Å². The number of hydrogen-bond donors (Lipinski definition) is 2. The van der Waals surface area contributed by atoms with Gasteiger partial charge in [0.05, 0.1) is 22.3 Å². The number of fused-ring (bicyclic) bond motifs is 1. The van der Waals surface area contributed by atoms with E-state index in [9.17, 15) is 13.2 Å². The van der Waals surface area contributed by atoms with Gasteiger partial charge in [-0.1, -0.05) is 29.8 Å². The second kappa shape index (κ2) is 8.32. The molecule has 27 heavy (non-hydrogen) atoms. The smallest absolute Gasteiger partial charge is 0.240 e. The highest BCUT2D eigenvalue weighted by Crippen LogP contribution is 2.12. The van der Waals surface area contributed by atoms with Crippen LogP contribution in [0.1, 0.15) is 12.0 Å². The average Bonchev–Trinajstić information content (AvgIpc) is 3.07. The molecule has 3 rings (SSSR count). The van der Waals surface area contributed by atoms with Gasteiger partial charge in [0.2, 0.25) is 15.9 Å². The number of benzene rings is 2. The fraction of sp³-hybridized carbons (Fsp3) is 0.263. The zero-order chi connectivity index (χ0) is 19.3. The largest absolute Gasteiger partial charge is 0.355 e. The summed E-state index contributed by atoms with van der Waals surface area (Å²) in [7, 11) is -3.56. The first-order chi connectivity index (χ1) is 13.0. The number of amides is 1. The third-order valence-corrected chi connectivity index (χ3v) is 5.65. The third kappa shape index (κ3) is 4.93. The first kappa shape index (κ1) is 19.1. The van der Waals surface area contributed by atoms with Gasteiger partial charge in [0, 0.05) is 26.1 Å². The van der Waals surface area contributed by atoms with Crippen LogP contribution >= 0.6 is 0 Å². The molecule has 0 radical (unpaired) electrons. The van der Waals surface area contributed by atoms with Crippen LogP contribution in [-0.4, -0.2) is 37.0 Å². The molecule has 1 amide bonds. The van der Waals surface area contributed by atoms with Crippen LogP contribution in [0.5, 0.6) is 0 Å². The van der Waals surface area contributed by atoms with Crippen molar-refractivity contribution < 1.29 is 13.2 Å². The predicted octanol–water partition coefficient (Wildman–Crippen LogP) is 1.83. The van der Waals surface area contributed by atoms with E-state index in [2.05, 4.69) is 15.0 Å². The standard InChI is InChI=1S/C19H22N4O3S/c1-15-6-8-16(9-7-15)27(25,26)22-12-11-20-19(24)10-13-23-14-21-17-4-2-3-5-18(17)23/h2-9,14,22H,10-13H2,1H3,(H,20,24). The molecule has 0 saturated heterocycles. The molecule has 8 heteroatoms. The van der Waals surface area contributed by atoms with Crippen LogP contribution in [0, 0.1) is 6.92 Å². The first-order valence-corrected chi connectivity index (χ1v) is 10.2. The van der Waals surface area contributed by atoms with E-state index in [1.54, 1.807) is 30.6 Å². The van der Waals surface area contributed by atoms with Crippen LogP contribution in [0.15, 0.2) is 59.8 Å². The van der Waals surface area contributed by atoms with Gasteiger partial charge in [0.1, 0.15) is 0 Å². The van der Waals surface area contributed by atoms with E-state index in [0.29, 0.717) is 13.0 Å². The molecule has 0 fully saturated rings. The van der Waals surface area contributed by atoms with Gasteiger partial charge in [-0.2, -0.15) is 0 Å². The maximum atomic E-state index is 12.2. The number of imidazole rings is 1. The molecule has 0 aliphatic rings. The minimum atomic E-state index is -3.56. The molecule has 1 heterocycles. The number of sulfonamides is 1. The summed E-state index contributed by atoms with van der Waals surface area (Å²) < 4.78 is 28.7. The molecule has 2 N–H and O–H groups in total. The van der Waals surface area contributed by atoms with Gasteiger partial charge in [-0.25, -0.2) is 18.1 Å². The minimum Gasteiger partial charge on any atom is -0.355 e. The molecule has 2 aromatic carbocycles. The Morgan fingerprint density at radius 1 is 1.07 bits per heavy atom. The van der Waals surface area contributed by atoms with Crippen LogP contribution in [-0.2, 0) is 21.4 Å². The van der Waals surface area contributed by atoms with E-state index < -0.39 is 10.0 Å². The van der Waals surface area contributed by atoms with Crippen molar-refractivity contribution in [1.82, 2.24) is 19.6 Å². The zero-order valence-electron chi connectivity index (χ0n) is 15.1. The molecule has 142 valence electrons. The number of nitrogens with zero attached hydrogens (tertiary/aromatic N) is 2. The summed E-state index contributed by atoms with van der Waals surface area (Å²) in [6.07, 6.45) is 2.01. The van der Waals surface area contributed by atoms with Crippen molar-refractivity contribution in [2.24, 2.45) is 0 Å². The van der Waals surface area contributed by atoms with Gasteiger partial charge < -0.3 is 9.88 Å². The highest BCUT2D eigenvalue weighted by molar-refractivity contribution is 7.89. The Morgan fingerprint density at radius 2 is 1.81 bits per heavy atom. The lowest BCUT2D eigenvalue weighted by Crippen LogP contribution is -2.35. The molecule has 0 aliphatic heterocycles. The highest BCUT2D eigenvalue weighted by atomic mass is 32.2. The Labute approximate surface area is 158 Å². The fourth-order valence-electron chi connectivity index (χ4n) is 2.69. The number of para-hydroxylation sites is 2. The van der Waals surface area contributed by atoms with Crippen molar-refractivity contribution in [3.05, 3.63) is 60.4 Å². The van der Waals surface area contributed by atoms with Crippen LogP contribution in [0.3, 0.4) is 0 Å². The summed E-state index contributed by atoms with van der Waals surface area (Å²) in [5.41, 5.74) is 2.87. The van der Waals surface area contributed by atoms with E-state index in [1.807, 2.05) is 35.8 Å². The fourth-order valence-corrected chi connectivity index (χ4v) is 3.72. The Balaban J connectivity index is 1.42. The molecular formula is C19H22N4O3S. The molecule has 0 unspecified atom stereocenters. The summed E-state index contributed by atoms with van der Waals surface area (Å²) >= 11 is 0. The van der Waals surface area contributed by atoms with Gasteiger partial charge in [0.25, 0.3) is 0 Å². The number of hydrogen-bond acceptors (Lipinski definition) is 4. The minimum absolute atomic E-state index is 0.135. The Bertz CT molecular complexity index is 1030. The summed E-state index contributed by atoms with van der Waals surface area (Å²) in [6, 6.07) is 14.3. The second-order valence-electron chi connectivity index (χ2n) is 6.24. The molecule has 0 saturated carbocycles. The topological polar surface area (TPSA) is 93.1 Å². The highest BCUT2D eigenvalue weighted by Gasteiger charge is 2.13. The number of aryl methyl sites for hydroxylation is 2. The quantitative estimate of drug-likeness (QED) is 0.578. The Hall–Kier alpha value is -2.71. The number of carbonyl (C=O) groups is 1. The SMILES string of the molecule is Cc1ccc(S(=O)(=O)NCCNC(=O)CCn2cnc3ccccc32)cc1. The first-order valence-electron chi connectivity index (χ1n) is 8.68. The van der Waals surface area contributed by atoms with E-state index in [4.69, 9.17) is 0 Å². The molecule has 0 spiro atoms. The van der Waals surface area contributed by atoms with Gasteiger partial charge >= 0.3 is 0 Å². The van der Waals surface area contributed by atoms with Gasteiger partial charge in [-0.3, -0.25) is 4.79 Å². The van der Waals surface area contributed by atoms with E-state index in [0.717, 1.165) is 16.6 Å². The van der Waals surface area contributed by atoms with Gasteiger partial charge in [-0.15, -0.1) is 0 Å². The monoisotopic (exact) mass is 386 g/mol. The van der Waals surface area contributed by atoms with Crippen LogP contribution in [0.25, 0.3) is 11.0 Å².